The van der Waals surface area contributed by atoms with Crippen LogP contribution in [0.3, 0.4) is 0 Å². The van der Waals surface area contributed by atoms with Crippen LogP contribution in [-0.4, -0.2) is 31.0 Å². The van der Waals surface area contributed by atoms with Gasteiger partial charge < -0.3 is 10.4 Å². The van der Waals surface area contributed by atoms with Crippen molar-refractivity contribution in [1.82, 2.24) is 5.32 Å². The standard InChI is InChI=1S/C6H12FNO/c7-6-3-8-2-1-5(6)4-9/h5-6,8-9H,1-4H2/t5-,6-/m0/s1. The van der Waals surface area contributed by atoms with Gasteiger partial charge in [0.15, 0.2) is 0 Å². The predicted molar refractivity (Wildman–Crippen MR) is 33.0 cm³/mol. The summed E-state index contributed by atoms with van der Waals surface area (Å²) in [6, 6.07) is 0. The number of hydrogen-bond donors (Lipinski definition) is 2. The first kappa shape index (κ1) is 6.96. The van der Waals surface area contributed by atoms with E-state index in [9.17, 15) is 4.39 Å². The monoisotopic (exact) mass is 133 g/mol. The number of nitrogens with one attached hydrogen (secondary N) is 1. The van der Waals surface area contributed by atoms with Crippen molar-refractivity contribution in [2.24, 2.45) is 5.92 Å². The summed E-state index contributed by atoms with van der Waals surface area (Å²) in [4.78, 5) is 0. The molecular formula is C6H12FNO. The number of alkyl halides is 1. The lowest BCUT2D eigenvalue weighted by molar-refractivity contribution is 0.111. The molecule has 0 amide bonds. The van der Waals surface area contributed by atoms with Crippen molar-refractivity contribution in [3.8, 4) is 0 Å². The third-order valence-electron chi connectivity index (χ3n) is 1.78. The molecule has 0 bridgehead atoms. The summed E-state index contributed by atoms with van der Waals surface area (Å²) < 4.78 is 12.6. The molecule has 3 heteroatoms. The Hall–Kier alpha value is -0.150. The van der Waals surface area contributed by atoms with Gasteiger partial charge in [-0.3, -0.25) is 0 Å². The Morgan fingerprint density at radius 3 is 2.89 bits per heavy atom. The summed E-state index contributed by atoms with van der Waals surface area (Å²) in [6.07, 6.45) is -0.0822. The van der Waals surface area contributed by atoms with Crippen LogP contribution in [-0.2, 0) is 0 Å². The highest BCUT2D eigenvalue weighted by atomic mass is 19.1. The highest BCUT2D eigenvalue weighted by Gasteiger charge is 2.22. The smallest absolute Gasteiger partial charge is 0.118 e. The Morgan fingerprint density at radius 2 is 2.44 bits per heavy atom. The summed E-state index contributed by atoms with van der Waals surface area (Å²) in [7, 11) is 0. The predicted octanol–water partition coefficient (Wildman–Crippen LogP) is -0.0737. The Kier molecular flexibility index (Phi) is 2.42. The summed E-state index contributed by atoms with van der Waals surface area (Å²) in [6.45, 7) is 1.24. The lowest BCUT2D eigenvalue weighted by atomic mass is 9.97. The van der Waals surface area contributed by atoms with Crippen molar-refractivity contribution in [1.29, 1.82) is 0 Å². The van der Waals surface area contributed by atoms with Crippen molar-refractivity contribution >= 4 is 0 Å². The third-order valence-corrected chi connectivity index (χ3v) is 1.78. The summed E-state index contributed by atoms with van der Waals surface area (Å²) >= 11 is 0. The van der Waals surface area contributed by atoms with Gasteiger partial charge in [0.2, 0.25) is 0 Å². The zero-order chi connectivity index (χ0) is 6.69. The van der Waals surface area contributed by atoms with Crippen molar-refractivity contribution in [2.45, 2.75) is 12.6 Å². The second kappa shape index (κ2) is 3.13. The minimum Gasteiger partial charge on any atom is -0.396 e. The summed E-state index contributed by atoms with van der Waals surface area (Å²) in [5, 5.41) is 11.5. The minimum atomic E-state index is -0.844. The van der Waals surface area contributed by atoms with Gasteiger partial charge in [-0.15, -0.1) is 0 Å². The highest BCUT2D eigenvalue weighted by Crippen LogP contribution is 2.13. The molecule has 0 aromatic heterocycles. The summed E-state index contributed by atoms with van der Waals surface area (Å²) in [5.74, 6) is -0.119. The van der Waals surface area contributed by atoms with E-state index in [1.54, 1.807) is 0 Å². The number of hydrogen-bond acceptors (Lipinski definition) is 2. The number of aliphatic hydroxyl groups excluding tert-OH is 1. The van der Waals surface area contributed by atoms with Crippen LogP contribution in [0.25, 0.3) is 0 Å². The molecule has 1 saturated heterocycles. The van der Waals surface area contributed by atoms with Crippen LogP contribution >= 0.6 is 0 Å². The normalized spacial score (nSPS) is 36.7. The second-order valence-corrected chi connectivity index (χ2v) is 2.45. The van der Waals surface area contributed by atoms with E-state index in [2.05, 4.69) is 5.32 Å². The number of halogens is 1. The van der Waals surface area contributed by atoms with Crippen LogP contribution in [0, 0.1) is 5.92 Å². The van der Waals surface area contributed by atoms with Crippen molar-refractivity contribution in [3.05, 3.63) is 0 Å². The van der Waals surface area contributed by atoms with E-state index in [0.29, 0.717) is 6.54 Å². The fourth-order valence-corrected chi connectivity index (χ4v) is 1.08. The maximum atomic E-state index is 12.6. The molecule has 2 atom stereocenters. The average molecular weight is 133 g/mol. The maximum absolute atomic E-state index is 12.6. The molecule has 0 radical (unpaired) electrons. The molecule has 1 heterocycles. The Balaban J connectivity index is 2.30. The fraction of sp³-hybridized carbons (Fsp3) is 1.00. The minimum absolute atomic E-state index is 0.0111. The SMILES string of the molecule is OC[C@@H]1CCNC[C@@H]1F. The van der Waals surface area contributed by atoms with E-state index in [-0.39, 0.29) is 12.5 Å². The van der Waals surface area contributed by atoms with Gasteiger partial charge in [-0.2, -0.15) is 0 Å². The molecule has 9 heavy (non-hydrogen) atoms. The lowest BCUT2D eigenvalue weighted by Crippen LogP contribution is -2.39. The van der Waals surface area contributed by atoms with E-state index in [0.717, 1.165) is 13.0 Å². The molecule has 54 valence electrons. The fourth-order valence-electron chi connectivity index (χ4n) is 1.08. The molecule has 0 aromatic rings. The first-order chi connectivity index (χ1) is 4.34. The first-order valence-corrected chi connectivity index (χ1v) is 3.30. The average Bonchev–Trinajstić information content (AvgIpc) is 1.89. The van der Waals surface area contributed by atoms with Crippen LogP contribution in [0.15, 0.2) is 0 Å². The quantitative estimate of drug-likeness (QED) is 0.524. The largest absolute Gasteiger partial charge is 0.396 e. The lowest BCUT2D eigenvalue weighted by Gasteiger charge is -2.24. The first-order valence-electron chi connectivity index (χ1n) is 3.30. The second-order valence-electron chi connectivity index (χ2n) is 2.45. The van der Waals surface area contributed by atoms with Gasteiger partial charge in [-0.1, -0.05) is 0 Å². The van der Waals surface area contributed by atoms with E-state index < -0.39 is 6.17 Å². The van der Waals surface area contributed by atoms with Gasteiger partial charge in [0.1, 0.15) is 6.17 Å². The molecule has 2 N–H and O–H groups in total. The molecule has 1 rings (SSSR count). The van der Waals surface area contributed by atoms with Crippen LogP contribution in [0.4, 0.5) is 4.39 Å². The van der Waals surface area contributed by atoms with Crippen LogP contribution in [0.2, 0.25) is 0 Å². The van der Waals surface area contributed by atoms with E-state index in [1.165, 1.54) is 0 Å². The zero-order valence-corrected chi connectivity index (χ0v) is 5.31. The van der Waals surface area contributed by atoms with E-state index >= 15 is 0 Å². The molecule has 1 fully saturated rings. The van der Waals surface area contributed by atoms with Gasteiger partial charge in [-0.05, 0) is 13.0 Å². The molecule has 1 aliphatic rings. The van der Waals surface area contributed by atoms with Crippen LogP contribution < -0.4 is 5.32 Å². The Morgan fingerprint density at radius 1 is 1.67 bits per heavy atom. The van der Waals surface area contributed by atoms with Crippen molar-refractivity contribution < 1.29 is 9.50 Å². The molecule has 0 aliphatic carbocycles. The van der Waals surface area contributed by atoms with Gasteiger partial charge in [0.05, 0.1) is 0 Å². The number of rotatable bonds is 1. The van der Waals surface area contributed by atoms with E-state index in [1.807, 2.05) is 0 Å². The molecular weight excluding hydrogens is 121 g/mol. The van der Waals surface area contributed by atoms with Gasteiger partial charge >= 0.3 is 0 Å². The van der Waals surface area contributed by atoms with Gasteiger partial charge in [0.25, 0.3) is 0 Å². The molecule has 0 spiro atoms. The number of piperidine rings is 1. The molecule has 2 nitrogen and oxygen atoms in total. The summed E-state index contributed by atoms with van der Waals surface area (Å²) in [5.41, 5.74) is 0. The van der Waals surface area contributed by atoms with Crippen LogP contribution in [0.5, 0.6) is 0 Å². The maximum Gasteiger partial charge on any atom is 0.118 e. The Bertz CT molecular complexity index is 89.1. The van der Waals surface area contributed by atoms with Crippen molar-refractivity contribution in [2.75, 3.05) is 19.7 Å². The van der Waals surface area contributed by atoms with Crippen LogP contribution in [0.1, 0.15) is 6.42 Å². The molecule has 0 saturated carbocycles. The highest BCUT2D eigenvalue weighted by molar-refractivity contribution is 4.76. The Labute approximate surface area is 54.1 Å². The number of aliphatic hydroxyl groups is 1. The molecule has 1 aliphatic heterocycles. The van der Waals surface area contributed by atoms with Gasteiger partial charge in [0, 0.05) is 19.1 Å². The topological polar surface area (TPSA) is 32.3 Å². The zero-order valence-electron chi connectivity index (χ0n) is 5.31. The van der Waals surface area contributed by atoms with Gasteiger partial charge in [-0.25, -0.2) is 4.39 Å². The van der Waals surface area contributed by atoms with E-state index in [4.69, 9.17) is 5.11 Å². The van der Waals surface area contributed by atoms with Crippen molar-refractivity contribution in [3.63, 3.8) is 0 Å². The molecule has 0 aromatic carbocycles. The molecule has 0 unspecified atom stereocenters. The third kappa shape index (κ3) is 1.63.